The normalized spacial score (nSPS) is 12.0. The molecule has 0 saturated heterocycles. The molecule has 0 aliphatic heterocycles. The first kappa shape index (κ1) is 23.3. The Kier molecular flexibility index (Phi) is 6.80. The predicted molar refractivity (Wildman–Crippen MR) is 136 cm³/mol. The molecule has 174 valence electrons. The highest BCUT2D eigenvalue weighted by Crippen LogP contribution is 2.32. The highest BCUT2D eigenvalue weighted by Gasteiger charge is 2.20. The van der Waals surface area contributed by atoms with Crippen LogP contribution in [-0.4, -0.2) is 46.9 Å². The molecule has 0 bridgehead atoms. The van der Waals surface area contributed by atoms with Crippen molar-refractivity contribution in [1.29, 1.82) is 0 Å². The summed E-state index contributed by atoms with van der Waals surface area (Å²) in [6.07, 6.45) is 0. The second kappa shape index (κ2) is 9.93. The Morgan fingerprint density at radius 2 is 1.74 bits per heavy atom. The summed E-state index contributed by atoms with van der Waals surface area (Å²) >= 11 is 0. The van der Waals surface area contributed by atoms with Gasteiger partial charge in [-0.3, -0.25) is 4.90 Å². The minimum Gasteiger partial charge on any atom is -0.494 e. The third kappa shape index (κ3) is 4.87. The second-order valence-electron chi connectivity index (χ2n) is 8.60. The average molecular weight is 456 g/mol. The number of aromatic amines is 1. The number of esters is 1. The van der Waals surface area contributed by atoms with Gasteiger partial charge < -0.3 is 14.8 Å². The van der Waals surface area contributed by atoms with E-state index in [-0.39, 0.29) is 5.88 Å². The number of carbonyl (C=O) groups is 1. The lowest BCUT2D eigenvalue weighted by atomic mass is 10.00. The summed E-state index contributed by atoms with van der Waals surface area (Å²) in [5.74, 6) is -0.438. The molecule has 0 saturated carbocycles. The number of carbonyl (C=O) groups excluding carboxylic acids is 1. The van der Waals surface area contributed by atoms with Crippen LogP contribution in [0.2, 0.25) is 0 Å². The fraction of sp³-hybridized carbons (Fsp3) is 0.214. The van der Waals surface area contributed by atoms with Gasteiger partial charge in [0.25, 0.3) is 0 Å². The third-order valence-corrected chi connectivity index (χ3v) is 5.97. The lowest BCUT2D eigenvalue weighted by Gasteiger charge is -2.20. The number of aliphatic imine (C=N–C) groups is 1. The molecule has 6 heteroatoms. The number of fused-ring (bicyclic) bond motifs is 1. The fourth-order valence-corrected chi connectivity index (χ4v) is 3.80. The fourth-order valence-electron chi connectivity index (χ4n) is 3.80. The average Bonchev–Trinajstić information content (AvgIpc) is 3.18. The highest BCUT2D eigenvalue weighted by atomic mass is 16.5. The van der Waals surface area contributed by atoms with E-state index in [0.29, 0.717) is 28.4 Å². The van der Waals surface area contributed by atoms with Crippen LogP contribution in [0.3, 0.4) is 0 Å². The van der Waals surface area contributed by atoms with Crippen LogP contribution in [0.25, 0.3) is 10.9 Å². The van der Waals surface area contributed by atoms with E-state index < -0.39 is 5.97 Å². The number of hydrogen-bond acceptors (Lipinski definition) is 5. The van der Waals surface area contributed by atoms with Crippen molar-refractivity contribution in [3.63, 3.8) is 0 Å². The van der Waals surface area contributed by atoms with E-state index in [0.717, 1.165) is 23.2 Å². The maximum atomic E-state index is 12.0. The molecule has 0 unspecified atom stereocenters. The molecule has 0 spiro atoms. The molecule has 0 amide bonds. The van der Waals surface area contributed by atoms with Gasteiger partial charge in [0.05, 0.1) is 29.6 Å². The number of methoxy groups -OCH3 is 1. The number of aromatic nitrogens is 1. The van der Waals surface area contributed by atoms with Crippen LogP contribution < -0.4 is 0 Å². The monoisotopic (exact) mass is 455 g/mol. The van der Waals surface area contributed by atoms with Crippen LogP contribution in [0, 0.1) is 0 Å². The molecule has 3 aromatic carbocycles. The number of ether oxygens (including phenoxy) is 1. The van der Waals surface area contributed by atoms with Crippen molar-refractivity contribution >= 4 is 28.3 Å². The minimum atomic E-state index is -0.433. The quantitative estimate of drug-likeness (QED) is 0.278. The van der Waals surface area contributed by atoms with Gasteiger partial charge in [0, 0.05) is 29.1 Å². The number of rotatable bonds is 7. The molecular formula is C28H29N3O3. The maximum Gasteiger partial charge on any atom is 0.337 e. The summed E-state index contributed by atoms with van der Waals surface area (Å²) in [6.45, 7) is 5.21. The van der Waals surface area contributed by atoms with Gasteiger partial charge in [-0.25, -0.2) is 9.79 Å². The molecule has 0 atom stereocenters. The van der Waals surface area contributed by atoms with E-state index in [9.17, 15) is 9.90 Å². The molecule has 34 heavy (non-hydrogen) atoms. The van der Waals surface area contributed by atoms with Crippen molar-refractivity contribution in [3.05, 3.63) is 95.1 Å². The zero-order chi connectivity index (χ0) is 24.2. The van der Waals surface area contributed by atoms with Gasteiger partial charge in [-0.1, -0.05) is 48.5 Å². The Balaban J connectivity index is 1.79. The largest absolute Gasteiger partial charge is 0.494 e. The summed E-state index contributed by atoms with van der Waals surface area (Å²) in [6, 6.07) is 23.5. The molecule has 0 radical (unpaired) electrons. The van der Waals surface area contributed by atoms with Crippen molar-refractivity contribution in [3.8, 4) is 5.88 Å². The Morgan fingerprint density at radius 3 is 2.38 bits per heavy atom. The molecule has 1 heterocycles. The zero-order valence-corrected chi connectivity index (χ0v) is 19.9. The van der Waals surface area contributed by atoms with E-state index in [2.05, 4.69) is 42.9 Å². The van der Waals surface area contributed by atoms with Gasteiger partial charge in [-0.15, -0.1) is 0 Å². The Hall–Kier alpha value is -3.90. The van der Waals surface area contributed by atoms with Crippen molar-refractivity contribution in [2.75, 3.05) is 14.2 Å². The molecule has 0 aliphatic rings. The van der Waals surface area contributed by atoms with E-state index in [1.807, 2.05) is 42.5 Å². The predicted octanol–water partition coefficient (Wildman–Crippen LogP) is 5.67. The summed E-state index contributed by atoms with van der Waals surface area (Å²) in [5, 5.41) is 11.6. The first-order valence-corrected chi connectivity index (χ1v) is 11.2. The van der Waals surface area contributed by atoms with Crippen molar-refractivity contribution in [2.45, 2.75) is 26.4 Å². The zero-order valence-electron chi connectivity index (χ0n) is 19.9. The Bertz CT molecular complexity index is 1320. The van der Waals surface area contributed by atoms with Crippen LogP contribution >= 0.6 is 0 Å². The number of nitrogens with zero attached hydrogens (tertiary/aromatic N) is 2. The SMILES string of the molecule is COC(=O)c1ccc2c(C(=Nc3ccc(CN(C)C(C)C)cc3)c3ccccc3)c(O)[nH]c2c1. The van der Waals surface area contributed by atoms with Gasteiger partial charge >= 0.3 is 5.97 Å². The van der Waals surface area contributed by atoms with Crippen molar-refractivity contribution < 1.29 is 14.6 Å². The smallest absolute Gasteiger partial charge is 0.337 e. The van der Waals surface area contributed by atoms with Crippen LogP contribution in [0.1, 0.15) is 40.9 Å². The van der Waals surface area contributed by atoms with E-state index >= 15 is 0 Å². The Labute approximate surface area is 199 Å². The van der Waals surface area contributed by atoms with Gasteiger partial charge in [0.15, 0.2) is 5.88 Å². The number of nitrogens with one attached hydrogen (secondary N) is 1. The topological polar surface area (TPSA) is 77.9 Å². The molecule has 4 rings (SSSR count). The molecule has 4 aromatic rings. The summed E-state index contributed by atoms with van der Waals surface area (Å²) in [4.78, 5) is 22.2. The number of benzene rings is 3. The second-order valence-corrected chi connectivity index (χ2v) is 8.60. The molecule has 6 nitrogen and oxygen atoms in total. The van der Waals surface area contributed by atoms with Crippen LogP contribution in [0.5, 0.6) is 5.88 Å². The summed E-state index contributed by atoms with van der Waals surface area (Å²) in [5.41, 5.74) is 5.13. The lowest BCUT2D eigenvalue weighted by molar-refractivity contribution is 0.0601. The van der Waals surface area contributed by atoms with Crippen molar-refractivity contribution in [2.24, 2.45) is 4.99 Å². The summed E-state index contributed by atoms with van der Waals surface area (Å²) < 4.78 is 4.82. The molecule has 0 aliphatic carbocycles. The number of aromatic hydroxyl groups is 1. The number of H-pyrrole nitrogens is 1. The van der Waals surface area contributed by atoms with E-state index in [4.69, 9.17) is 9.73 Å². The Morgan fingerprint density at radius 1 is 1.03 bits per heavy atom. The van der Waals surface area contributed by atoms with Crippen molar-refractivity contribution in [1.82, 2.24) is 9.88 Å². The van der Waals surface area contributed by atoms with Gasteiger partial charge in [-0.2, -0.15) is 0 Å². The molecule has 0 fully saturated rings. The number of hydrogen-bond donors (Lipinski definition) is 2. The summed E-state index contributed by atoms with van der Waals surface area (Å²) in [7, 11) is 3.45. The van der Waals surface area contributed by atoms with Crippen LogP contribution in [-0.2, 0) is 11.3 Å². The van der Waals surface area contributed by atoms with E-state index in [1.165, 1.54) is 12.7 Å². The van der Waals surface area contributed by atoms with Gasteiger partial charge in [-0.05, 0) is 50.7 Å². The maximum absolute atomic E-state index is 12.0. The van der Waals surface area contributed by atoms with Crippen LogP contribution in [0.4, 0.5) is 5.69 Å². The van der Waals surface area contributed by atoms with Gasteiger partial charge in [0.2, 0.25) is 0 Å². The van der Waals surface area contributed by atoms with Crippen LogP contribution in [0.15, 0.2) is 77.8 Å². The molecule has 2 N–H and O–H groups in total. The van der Waals surface area contributed by atoms with Gasteiger partial charge in [0.1, 0.15) is 0 Å². The molecule has 1 aromatic heterocycles. The first-order valence-electron chi connectivity index (χ1n) is 11.2. The highest BCUT2D eigenvalue weighted by molar-refractivity contribution is 6.22. The standard InChI is InChI=1S/C28H29N3O3/c1-18(2)31(3)17-19-10-13-22(14-11-19)29-26(20-8-6-5-7-9-20)25-23-15-12-21(28(33)34-4)16-24(23)30-27(25)32/h5-16,18,30,32H,17H2,1-4H3. The third-order valence-electron chi connectivity index (χ3n) is 5.97. The molecular weight excluding hydrogens is 426 g/mol. The minimum absolute atomic E-state index is 0.00482. The lowest BCUT2D eigenvalue weighted by Crippen LogP contribution is -2.25. The first-order chi connectivity index (χ1) is 16.4. The van der Waals surface area contributed by atoms with E-state index in [1.54, 1.807) is 18.2 Å².